The first-order chi connectivity index (χ1) is 5.47. The lowest BCUT2D eigenvalue weighted by Gasteiger charge is -2.03. The number of benzene rings is 1. The summed E-state index contributed by atoms with van der Waals surface area (Å²) in [6, 6.07) is 8.00. The van der Waals surface area contributed by atoms with Gasteiger partial charge in [0.1, 0.15) is 0 Å². The first-order valence-electron chi connectivity index (χ1n) is 3.49. The molecule has 1 rings (SSSR count). The monoisotopic (exact) mass is 185 g/mol. The summed E-state index contributed by atoms with van der Waals surface area (Å²) < 4.78 is 10.6. The van der Waals surface area contributed by atoms with Crippen LogP contribution >= 0.6 is 7.60 Å². The predicted octanol–water partition coefficient (Wildman–Crippen LogP) is 1.47. The zero-order valence-corrected chi connectivity index (χ0v) is 7.58. The molecule has 0 aliphatic rings. The number of hydrogen-bond donors (Lipinski definition) is 2. The summed E-state index contributed by atoms with van der Waals surface area (Å²) in [5, 5.41) is 0. The standard InChI is InChI=1S/C8H10O3P/c1-7-3-2-4-8(5-7)6-12(9,10)11/h2-3,5H,6H2,1H3,(H2,9,10,11). The molecule has 0 aliphatic carbocycles. The summed E-state index contributed by atoms with van der Waals surface area (Å²) in [4.78, 5) is 17.3. The molecule has 0 saturated carbocycles. The zero-order valence-electron chi connectivity index (χ0n) is 6.69. The molecule has 0 aromatic heterocycles. The van der Waals surface area contributed by atoms with Gasteiger partial charge in [-0.25, -0.2) is 0 Å². The second-order valence-electron chi connectivity index (χ2n) is 2.71. The van der Waals surface area contributed by atoms with Crippen molar-refractivity contribution in [3.05, 3.63) is 35.4 Å². The Bertz CT molecular complexity index is 316. The van der Waals surface area contributed by atoms with Gasteiger partial charge in [-0.1, -0.05) is 23.8 Å². The Morgan fingerprint density at radius 2 is 2.25 bits per heavy atom. The molecule has 0 bridgehead atoms. The second-order valence-corrected chi connectivity index (χ2v) is 4.36. The lowest BCUT2D eigenvalue weighted by molar-refractivity contribution is 0.371. The van der Waals surface area contributed by atoms with Crippen molar-refractivity contribution in [2.75, 3.05) is 0 Å². The zero-order chi connectivity index (χ0) is 9.19. The Morgan fingerprint density at radius 3 is 2.75 bits per heavy atom. The number of aryl methyl sites for hydroxylation is 1. The fourth-order valence-corrected chi connectivity index (χ4v) is 1.58. The van der Waals surface area contributed by atoms with Crippen molar-refractivity contribution in [1.82, 2.24) is 0 Å². The highest BCUT2D eigenvalue weighted by Gasteiger charge is 2.13. The van der Waals surface area contributed by atoms with E-state index in [4.69, 9.17) is 9.79 Å². The fourth-order valence-electron chi connectivity index (χ4n) is 0.958. The van der Waals surface area contributed by atoms with E-state index in [9.17, 15) is 4.57 Å². The molecule has 0 heterocycles. The number of rotatable bonds is 2. The summed E-state index contributed by atoms with van der Waals surface area (Å²) in [5.41, 5.74) is 1.54. The van der Waals surface area contributed by atoms with Gasteiger partial charge in [-0.15, -0.1) is 0 Å². The minimum absolute atomic E-state index is 0.228. The third kappa shape index (κ3) is 3.18. The molecule has 0 fully saturated rings. The molecule has 1 radical (unpaired) electrons. The van der Waals surface area contributed by atoms with E-state index < -0.39 is 7.60 Å². The van der Waals surface area contributed by atoms with Crippen LogP contribution in [0.15, 0.2) is 18.2 Å². The van der Waals surface area contributed by atoms with E-state index in [-0.39, 0.29) is 6.16 Å². The Morgan fingerprint density at radius 1 is 1.58 bits per heavy atom. The molecular weight excluding hydrogens is 175 g/mol. The molecule has 0 aliphatic heterocycles. The molecule has 1 aromatic rings. The van der Waals surface area contributed by atoms with Crippen molar-refractivity contribution in [2.45, 2.75) is 13.1 Å². The lowest BCUT2D eigenvalue weighted by Crippen LogP contribution is -1.87. The van der Waals surface area contributed by atoms with Crippen LogP contribution in [0, 0.1) is 13.0 Å². The van der Waals surface area contributed by atoms with Crippen molar-refractivity contribution < 1.29 is 14.4 Å². The van der Waals surface area contributed by atoms with E-state index in [1.165, 1.54) is 0 Å². The van der Waals surface area contributed by atoms with E-state index in [1.54, 1.807) is 12.1 Å². The van der Waals surface area contributed by atoms with Crippen LogP contribution in [0.25, 0.3) is 0 Å². The minimum atomic E-state index is -3.94. The third-order valence-electron chi connectivity index (χ3n) is 1.39. The molecule has 0 atom stereocenters. The van der Waals surface area contributed by atoms with Crippen LogP contribution in [-0.4, -0.2) is 9.79 Å². The first kappa shape index (κ1) is 9.46. The van der Waals surface area contributed by atoms with Gasteiger partial charge in [0.25, 0.3) is 0 Å². The van der Waals surface area contributed by atoms with Crippen molar-refractivity contribution in [3.63, 3.8) is 0 Å². The molecule has 3 nitrogen and oxygen atoms in total. The summed E-state index contributed by atoms with van der Waals surface area (Å²) >= 11 is 0. The molecule has 0 unspecified atom stereocenters. The van der Waals surface area contributed by atoms with Crippen molar-refractivity contribution in [1.29, 1.82) is 0 Å². The van der Waals surface area contributed by atoms with Gasteiger partial charge in [-0.3, -0.25) is 4.57 Å². The van der Waals surface area contributed by atoms with Gasteiger partial charge in [0.15, 0.2) is 0 Å². The molecule has 0 amide bonds. The maximum absolute atomic E-state index is 10.6. The van der Waals surface area contributed by atoms with E-state index in [1.807, 2.05) is 13.0 Å². The average molecular weight is 185 g/mol. The second kappa shape index (κ2) is 3.40. The maximum Gasteiger partial charge on any atom is 0.329 e. The normalized spacial score (nSPS) is 11.6. The summed E-state index contributed by atoms with van der Waals surface area (Å²) in [5.74, 6) is 0. The Kier molecular flexibility index (Phi) is 2.68. The largest absolute Gasteiger partial charge is 0.329 e. The van der Waals surface area contributed by atoms with Gasteiger partial charge in [0.05, 0.1) is 6.16 Å². The maximum atomic E-state index is 10.6. The van der Waals surface area contributed by atoms with Crippen molar-refractivity contribution in [3.8, 4) is 0 Å². The van der Waals surface area contributed by atoms with Gasteiger partial charge in [0.2, 0.25) is 0 Å². The van der Waals surface area contributed by atoms with Gasteiger partial charge in [-0.05, 0) is 18.6 Å². The topological polar surface area (TPSA) is 57.5 Å². The molecule has 0 saturated heterocycles. The van der Waals surface area contributed by atoms with E-state index >= 15 is 0 Å². The van der Waals surface area contributed by atoms with Crippen LogP contribution in [0.5, 0.6) is 0 Å². The highest BCUT2D eigenvalue weighted by atomic mass is 31.2. The van der Waals surface area contributed by atoms with E-state index in [0.29, 0.717) is 5.56 Å². The average Bonchev–Trinajstić information content (AvgIpc) is 1.82. The van der Waals surface area contributed by atoms with Crippen LogP contribution in [0.4, 0.5) is 0 Å². The van der Waals surface area contributed by atoms with Gasteiger partial charge >= 0.3 is 7.60 Å². The van der Waals surface area contributed by atoms with Gasteiger partial charge < -0.3 is 9.79 Å². The molecule has 0 spiro atoms. The fraction of sp³-hybridized carbons (Fsp3) is 0.250. The molecule has 12 heavy (non-hydrogen) atoms. The molecule has 65 valence electrons. The molecule has 1 aromatic carbocycles. The smallest absolute Gasteiger partial charge is 0.324 e. The van der Waals surface area contributed by atoms with Crippen molar-refractivity contribution in [2.24, 2.45) is 0 Å². The summed E-state index contributed by atoms with van der Waals surface area (Å²) in [7, 11) is -3.94. The minimum Gasteiger partial charge on any atom is -0.324 e. The van der Waals surface area contributed by atoms with E-state index in [0.717, 1.165) is 5.56 Å². The van der Waals surface area contributed by atoms with Crippen LogP contribution in [0.1, 0.15) is 11.1 Å². The third-order valence-corrected chi connectivity index (χ3v) is 2.15. The number of hydrogen-bond acceptors (Lipinski definition) is 1. The predicted molar refractivity (Wildman–Crippen MR) is 45.8 cm³/mol. The van der Waals surface area contributed by atoms with Crippen LogP contribution < -0.4 is 0 Å². The molecule has 2 N–H and O–H groups in total. The van der Waals surface area contributed by atoms with Crippen LogP contribution in [0.3, 0.4) is 0 Å². The Hall–Kier alpha value is -0.630. The van der Waals surface area contributed by atoms with Gasteiger partial charge in [0, 0.05) is 0 Å². The summed E-state index contributed by atoms with van der Waals surface area (Å²) in [6.45, 7) is 1.87. The van der Waals surface area contributed by atoms with E-state index in [2.05, 4.69) is 6.07 Å². The van der Waals surface area contributed by atoms with Crippen molar-refractivity contribution >= 4 is 7.60 Å². The molecular formula is C8H10O3P. The first-order valence-corrected chi connectivity index (χ1v) is 5.29. The van der Waals surface area contributed by atoms with Crippen LogP contribution in [-0.2, 0) is 10.7 Å². The molecule has 4 heteroatoms. The quantitative estimate of drug-likeness (QED) is 0.686. The van der Waals surface area contributed by atoms with Gasteiger partial charge in [-0.2, -0.15) is 0 Å². The van der Waals surface area contributed by atoms with Crippen LogP contribution in [0.2, 0.25) is 0 Å². The highest BCUT2D eigenvalue weighted by molar-refractivity contribution is 7.50. The highest BCUT2D eigenvalue weighted by Crippen LogP contribution is 2.38. The Labute approximate surface area is 71.2 Å². The SMILES string of the molecule is Cc1cc[c]c(CP(=O)(O)O)c1. The summed E-state index contributed by atoms with van der Waals surface area (Å²) in [6.07, 6.45) is -0.228. The Balaban J connectivity index is 2.84. The lowest BCUT2D eigenvalue weighted by atomic mass is 10.2.